The van der Waals surface area contributed by atoms with E-state index in [9.17, 15) is 0 Å². The van der Waals surface area contributed by atoms with Crippen LogP contribution in [-0.4, -0.2) is 50.3 Å². The number of unbranched alkanes of at least 4 members (excludes halogenated alkanes) is 1. The predicted octanol–water partition coefficient (Wildman–Crippen LogP) is 1.49. The van der Waals surface area contributed by atoms with Crippen molar-refractivity contribution in [2.75, 3.05) is 33.4 Å². The van der Waals surface area contributed by atoms with Crippen LogP contribution in [0.2, 0.25) is 0 Å². The van der Waals surface area contributed by atoms with Crippen LogP contribution in [0.4, 0.5) is 0 Å². The summed E-state index contributed by atoms with van der Waals surface area (Å²) in [4.78, 5) is 2.55. The Bertz CT molecular complexity index is 164. The lowest BCUT2D eigenvalue weighted by Gasteiger charge is -2.33. The second kappa shape index (κ2) is 7.20. The minimum Gasteiger partial charge on any atom is -0.379 e. The highest BCUT2D eigenvalue weighted by Crippen LogP contribution is 2.08. The number of nitrogens with one attached hydrogen (secondary N) is 1. The topological polar surface area (TPSA) is 24.5 Å². The van der Waals surface area contributed by atoms with Crippen molar-refractivity contribution in [1.82, 2.24) is 10.2 Å². The molecule has 0 spiro atoms. The molecule has 1 N–H and O–H groups in total. The van der Waals surface area contributed by atoms with E-state index < -0.39 is 0 Å². The van der Waals surface area contributed by atoms with Gasteiger partial charge in [0.2, 0.25) is 0 Å². The first kappa shape index (κ1) is 12.9. The zero-order valence-corrected chi connectivity index (χ0v) is 10.5. The quantitative estimate of drug-likeness (QED) is 0.678. The number of nitrogens with zero attached hydrogens (tertiary/aromatic N) is 1. The first-order chi connectivity index (χ1) is 7.24. The fourth-order valence-electron chi connectivity index (χ4n) is 2.00. The van der Waals surface area contributed by atoms with E-state index in [4.69, 9.17) is 4.74 Å². The summed E-state index contributed by atoms with van der Waals surface area (Å²) in [6.07, 6.45) is 3.93. The summed E-state index contributed by atoms with van der Waals surface area (Å²) in [5.74, 6) is 0. The van der Waals surface area contributed by atoms with Gasteiger partial charge in [0.15, 0.2) is 0 Å². The van der Waals surface area contributed by atoms with Crippen molar-refractivity contribution < 1.29 is 4.74 Å². The van der Waals surface area contributed by atoms with Gasteiger partial charge in [0.05, 0.1) is 13.2 Å². The average Bonchev–Trinajstić information content (AvgIpc) is 2.26. The molecule has 0 amide bonds. The third-order valence-corrected chi connectivity index (χ3v) is 3.33. The van der Waals surface area contributed by atoms with E-state index >= 15 is 0 Å². The van der Waals surface area contributed by atoms with Crippen LogP contribution in [0.3, 0.4) is 0 Å². The standard InChI is InChI=1S/C12H26N2O/c1-11(13-3)6-4-5-7-14-8-9-15-10-12(14)2/h11-13H,4-10H2,1-3H3. The second-order valence-corrected chi connectivity index (χ2v) is 4.65. The molecule has 0 bridgehead atoms. The van der Waals surface area contributed by atoms with Crippen molar-refractivity contribution in [3.8, 4) is 0 Å². The maximum atomic E-state index is 5.42. The fourth-order valence-corrected chi connectivity index (χ4v) is 2.00. The monoisotopic (exact) mass is 214 g/mol. The van der Waals surface area contributed by atoms with Crippen LogP contribution in [0.1, 0.15) is 33.1 Å². The summed E-state index contributed by atoms with van der Waals surface area (Å²) in [6.45, 7) is 8.68. The molecule has 1 rings (SSSR count). The molecule has 1 fully saturated rings. The molecule has 1 heterocycles. The first-order valence-corrected chi connectivity index (χ1v) is 6.23. The minimum absolute atomic E-state index is 0.612. The van der Waals surface area contributed by atoms with Crippen molar-refractivity contribution in [2.24, 2.45) is 0 Å². The highest BCUT2D eigenvalue weighted by molar-refractivity contribution is 4.71. The molecular formula is C12H26N2O. The number of morpholine rings is 1. The largest absolute Gasteiger partial charge is 0.379 e. The number of rotatable bonds is 6. The molecule has 1 aliphatic heterocycles. The Balaban J connectivity index is 2.03. The van der Waals surface area contributed by atoms with Gasteiger partial charge in [0.25, 0.3) is 0 Å². The summed E-state index contributed by atoms with van der Waals surface area (Å²) in [5, 5.41) is 3.28. The molecule has 0 aliphatic carbocycles. The highest BCUT2D eigenvalue weighted by Gasteiger charge is 2.17. The van der Waals surface area contributed by atoms with E-state index in [1.54, 1.807) is 0 Å². The van der Waals surface area contributed by atoms with Gasteiger partial charge in [0, 0.05) is 18.6 Å². The lowest BCUT2D eigenvalue weighted by atomic mass is 10.1. The Labute approximate surface area is 94.2 Å². The second-order valence-electron chi connectivity index (χ2n) is 4.65. The third-order valence-electron chi connectivity index (χ3n) is 3.33. The van der Waals surface area contributed by atoms with Crippen LogP contribution in [0, 0.1) is 0 Å². The van der Waals surface area contributed by atoms with E-state index in [-0.39, 0.29) is 0 Å². The number of ether oxygens (including phenoxy) is 1. The molecule has 1 saturated heterocycles. The highest BCUT2D eigenvalue weighted by atomic mass is 16.5. The zero-order valence-electron chi connectivity index (χ0n) is 10.5. The Morgan fingerprint density at radius 1 is 1.47 bits per heavy atom. The van der Waals surface area contributed by atoms with Crippen LogP contribution < -0.4 is 5.32 Å². The minimum atomic E-state index is 0.612. The smallest absolute Gasteiger partial charge is 0.0619 e. The third kappa shape index (κ3) is 4.96. The van der Waals surface area contributed by atoms with Crippen LogP contribution in [-0.2, 0) is 4.74 Å². The van der Waals surface area contributed by atoms with Gasteiger partial charge < -0.3 is 10.1 Å². The summed E-state index contributed by atoms with van der Waals surface area (Å²) >= 11 is 0. The Morgan fingerprint density at radius 2 is 2.27 bits per heavy atom. The zero-order chi connectivity index (χ0) is 11.1. The fraction of sp³-hybridized carbons (Fsp3) is 1.00. The normalized spacial score (nSPS) is 25.4. The van der Waals surface area contributed by atoms with Gasteiger partial charge in [-0.1, -0.05) is 6.42 Å². The van der Waals surface area contributed by atoms with Crippen LogP contribution in [0.5, 0.6) is 0 Å². The lowest BCUT2D eigenvalue weighted by Crippen LogP contribution is -2.43. The molecule has 3 nitrogen and oxygen atoms in total. The summed E-state index contributed by atoms with van der Waals surface area (Å²) in [7, 11) is 2.04. The molecule has 0 radical (unpaired) electrons. The molecule has 15 heavy (non-hydrogen) atoms. The van der Waals surface area contributed by atoms with Gasteiger partial charge in [-0.3, -0.25) is 4.90 Å². The van der Waals surface area contributed by atoms with Gasteiger partial charge in [0.1, 0.15) is 0 Å². The molecular weight excluding hydrogens is 188 g/mol. The van der Waals surface area contributed by atoms with Gasteiger partial charge in [-0.05, 0) is 40.3 Å². The van der Waals surface area contributed by atoms with Crippen molar-refractivity contribution in [3.63, 3.8) is 0 Å². The summed E-state index contributed by atoms with van der Waals surface area (Å²) in [5.41, 5.74) is 0. The van der Waals surface area contributed by atoms with Gasteiger partial charge in [-0.2, -0.15) is 0 Å². The van der Waals surface area contributed by atoms with Crippen molar-refractivity contribution in [3.05, 3.63) is 0 Å². The van der Waals surface area contributed by atoms with Gasteiger partial charge in [-0.15, -0.1) is 0 Å². The lowest BCUT2D eigenvalue weighted by molar-refractivity contribution is -0.000956. The SMILES string of the molecule is CNC(C)CCCCN1CCOCC1C. The summed E-state index contributed by atoms with van der Waals surface area (Å²) < 4.78 is 5.42. The first-order valence-electron chi connectivity index (χ1n) is 6.23. The molecule has 0 aromatic heterocycles. The van der Waals surface area contributed by atoms with Crippen molar-refractivity contribution in [2.45, 2.75) is 45.2 Å². The van der Waals surface area contributed by atoms with Gasteiger partial charge in [-0.25, -0.2) is 0 Å². The molecule has 2 unspecified atom stereocenters. The molecule has 1 aliphatic rings. The Morgan fingerprint density at radius 3 is 2.93 bits per heavy atom. The van der Waals surface area contributed by atoms with Crippen LogP contribution >= 0.6 is 0 Å². The van der Waals surface area contributed by atoms with Crippen LogP contribution in [0.15, 0.2) is 0 Å². The van der Waals surface area contributed by atoms with E-state index in [0.29, 0.717) is 12.1 Å². The number of hydrogen-bond acceptors (Lipinski definition) is 3. The molecule has 0 aromatic carbocycles. The van der Waals surface area contributed by atoms with E-state index in [1.807, 2.05) is 7.05 Å². The van der Waals surface area contributed by atoms with Crippen LogP contribution in [0.25, 0.3) is 0 Å². The molecule has 3 heteroatoms. The van der Waals surface area contributed by atoms with Crippen molar-refractivity contribution >= 4 is 0 Å². The van der Waals surface area contributed by atoms with Gasteiger partial charge >= 0.3 is 0 Å². The maximum Gasteiger partial charge on any atom is 0.0619 e. The van der Waals surface area contributed by atoms with Crippen molar-refractivity contribution in [1.29, 1.82) is 0 Å². The number of hydrogen-bond donors (Lipinski definition) is 1. The molecule has 0 saturated carbocycles. The molecule has 2 atom stereocenters. The summed E-state index contributed by atoms with van der Waals surface area (Å²) in [6, 6.07) is 1.27. The maximum absolute atomic E-state index is 5.42. The Hall–Kier alpha value is -0.120. The Kier molecular flexibility index (Phi) is 6.22. The molecule has 0 aromatic rings. The average molecular weight is 214 g/mol. The van der Waals surface area contributed by atoms with E-state index in [0.717, 1.165) is 19.8 Å². The van der Waals surface area contributed by atoms with E-state index in [1.165, 1.54) is 25.8 Å². The molecule has 90 valence electrons. The predicted molar refractivity (Wildman–Crippen MR) is 64.2 cm³/mol. The van der Waals surface area contributed by atoms with E-state index in [2.05, 4.69) is 24.1 Å².